The molecule has 4 aromatic carbocycles. The average Bonchev–Trinajstić information content (AvgIpc) is 3.00. The molecule has 0 heterocycles. The lowest BCUT2D eigenvalue weighted by Gasteiger charge is -2.32. The molecule has 0 radical (unpaired) electrons. The number of hydrogen-bond donors (Lipinski definition) is 1. The summed E-state index contributed by atoms with van der Waals surface area (Å²) in [5.74, 6) is 0.275. The first-order valence-corrected chi connectivity index (χ1v) is 14.6. The molecule has 212 valence electrons. The van der Waals surface area contributed by atoms with Crippen LogP contribution < -0.4 is 14.4 Å². The van der Waals surface area contributed by atoms with Gasteiger partial charge in [0.15, 0.2) is 0 Å². The lowest BCUT2D eigenvalue weighted by molar-refractivity contribution is -0.139. The second-order valence-corrected chi connectivity index (χ2v) is 11.3. The van der Waals surface area contributed by atoms with Crippen molar-refractivity contribution in [3.63, 3.8) is 0 Å². The Kier molecular flexibility index (Phi) is 9.41. The molecule has 0 fully saturated rings. The molecule has 41 heavy (non-hydrogen) atoms. The average molecular weight is 572 g/mol. The van der Waals surface area contributed by atoms with E-state index in [1.54, 1.807) is 49.4 Å². The molecular formula is C32H33N3O5S. The molecule has 1 atom stereocenters. The summed E-state index contributed by atoms with van der Waals surface area (Å²) >= 11 is 0. The molecule has 4 aromatic rings. The molecule has 0 bridgehead atoms. The van der Waals surface area contributed by atoms with E-state index in [1.165, 1.54) is 24.1 Å². The number of carbonyl (C=O) groups is 2. The quantitative estimate of drug-likeness (QED) is 0.269. The Morgan fingerprint density at radius 2 is 1.37 bits per heavy atom. The Hall–Kier alpha value is -4.63. The topological polar surface area (TPSA) is 96.0 Å². The van der Waals surface area contributed by atoms with Crippen LogP contribution in [0, 0.1) is 6.92 Å². The van der Waals surface area contributed by atoms with Crippen LogP contribution in [-0.2, 0) is 26.2 Å². The van der Waals surface area contributed by atoms with E-state index in [1.807, 2.05) is 61.5 Å². The number of nitrogens with zero attached hydrogens (tertiary/aromatic N) is 2. The third-order valence-corrected chi connectivity index (χ3v) is 8.52. The van der Waals surface area contributed by atoms with E-state index < -0.39 is 28.5 Å². The molecule has 0 unspecified atom stereocenters. The largest absolute Gasteiger partial charge is 0.457 e. The zero-order chi connectivity index (χ0) is 29.4. The Balaban J connectivity index is 1.69. The molecule has 0 aliphatic carbocycles. The molecule has 0 saturated heterocycles. The molecule has 0 aliphatic rings. The summed E-state index contributed by atoms with van der Waals surface area (Å²) in [5.41, 5.74) is 2.10. The minimum absolute atomic E-state index is 0.0437. The van der Waals surface area contributed by atoms with Crippen LogP contribution in [0.1, 0.15) is 18.1 Å². The maximum atomic E-state index is 13.9. The van der Waals surface area contributed by atoms with Crippen molar-refractivity contribution in [1.82, 2.24) is 10.2 Å². The highest BCUT2D eigenvalue weighted by Gasteiger charge is 2.32. The van der Waals surface area contributed by atoms with E-state index in [-0.39, 0.29) is 23.0 Å². The number of aryl methyl sites for hydroxylation is 1. The van der Waals surface area contributed by atoms with Crippen molar-refractivity contribution in [2.75, 3.05) is 17.9 Å². The highest BCUT2D eigenvalue weighted by atomic mass is 32.2. The van der Waals surface area contributed by atoms with Gasteiger partial charge in [-0.05, 0) is 73.5 Å². The van der Waals surface area contributed by atoms with Crippen molar-refractivity contribution in [2.24, 2.45) is 0 Å². The summed E-state index contributed by atoms with van der Waals surface area (Å²) in [5, 5.41) is 2.59. The van der Waals surface area contributed by atoms with Crippen LogP contribution in [0.2, 0.25) is 0 Å². The van der Waals surface area contributed by atoms with Crippen molar-refractivity contribution in [1.29, 1.82) is 0 Å². The predicted molar refractivity (Wildman–Crippen MR) is 159 cm³/mol. The summed E-state index contributed by atoms with van der Waals surface area (Å²) in [4.78, 5) is 28.0. The third-order valence-electron chi connectivity index (χ3n) is 6.73. The van der Waals surface area contributed by atoms with E-state index in [2.05, 4.69) is 5.32 Å². The van der Waals surface area contributed by atoms with Gasteiger partial charge in [0.05, 0.1) is 10.6 Å². The summed E-state index contributed by atoms with van der Waals surface area (Å²) in [6, 6.07) is 30.4. The molecule has 4 rings (SSSR count). The van der Waals surface area contributed by atoms with E-state index in [9.17, 15) is 18.0 Å². The van der Waals surface area contributed by atoms with Crippen LogP contribution in [0.5, 0.6) is 11.5 Å². The molecule has 0 spiro atoms. The normalized spacial score (nSPS) is 11.8. The van der Waals surface area contributed by atoms with Crippen LogP contribution in [0.3, 0.4) is 0 Å². The van der Waals surface area contributed by atoms with Gasteiger partial charge in [0.2, 0.25) is 11.8 Å². The highest BCUT2D eigenvalue weighted by molar-refractivity contribution is 7.92. The van der Waals surface area contributed by atoms with Crippen LogP contribution in [0.4, 0.5) is 5.69 Å². The van der Waals surface area contributed by atoms with E-state index in [4.69, 9.17) is 4.74 Å². The minimum Gasteiger partial charge on any atom is -0.457 e. The van der Waals surface area contributed by atoms with Crippen molar-refractivity contribution in [3.8, 4) is 11.5 Å². The fourth-order valence-electron chi connectivity index (χ4n) is 4.32. The van der Waals surface area contributed by atoms with Crippen molar-refractivity contribution < 1.29 is 22.7 Å². The van der Waals surface area contributed by atoms with Gasteiger partial charge in [-0.25, -0.2) is 8.42 Å². The van der Waals surface area contributed by atoms with Crippen LogP contribution in [0.15, 0.2) is 114 Å². The fourth-order valence-corrected chi connectivity index (χ4v) is 5.75. The molecule has 2 amide bonds. The first-order chi connectivity index (χ1) is 19.7. The number of anilines is 1. The van der Waals surface area contributed by atoms with Crippen molar-refractivity contribution in [3.05, 3.63) is 120 Å². The first-order valence-electron chi connectivity index (χ1n) is 13.2. The molecule has 8 nitrogen and oxygen atoms in total. The number of rotatable bonds is 11. The van der Waals surface area contributed by atoms with Gasteiger partial charge in [-0.1, -0.05) is 60.7 Å². The van der Waals surface area contributed by atoms with Gasteiger partial charge in [-0.15, -0.1) is 0 Å². The second-order valence-electron chi connectivity index (χ2n) is 9.47. The monoisotopic (exact) mass is 571 g/mol. The van der Waals surface area contributed by atoms with Crippen LogP contribution in [0.25, 0.3) is 0 Å². The van der Waals surface area contributed by atoms with Crippen LogP contribution in [-0.4, -0.2) is 44.8 Å². The van der Waals surface area contributed by atoms with E-state index >= 15 is 0 Å². The zero-order valence-electron chi connectivity index (χ0n) is 23.2. The van der Waals surface area contributed by atoms with Gasteiger partial charge in [-0.3, -0.25) is 13.9 Å². The lowest BCUT2D eigenvalue weighted by atomic mass is 10.1. The standard InChI is InChI=1S/C32H33N3O5S/c1-24-12-10-11-13-26(24)22-34(25(2)32(37)33-3)31(36)23-35(41(38,39)30-16-8-5-9-17-30)27-18-20-29(21-19-27)40-28-14-6-4-7-15-28/h4-21,25H,22-23H2,1-3H3,(H,33,37)/t25-/m0/s1. The van der Waals surface area contributed by atoms with Gasteiger partial charge < -0.3 is 15.0 Å². The van der Waals surface area contributed by atoms with Gasteiger partial charge in [0.1, 0.15) is 24.1 Å². The smallest absolute Gasteiger partial charge is 0.264 e. The maximum Gasteiger partial charge on any atom is 0.264 e. The Bertz CT molecular complexity index is 1580. The summed E-state index contributed by atoms with van der Waals surface area (Å²) in [6.45, 7) is 3.18. The summed E-state index contributed by atoms with van der Waals surface area (Å²) in [6.07, 6.45) is 0. The van der Waals surface area contributed by atoms with Gasteiger partial charge in [0.25, 0.3) is 10.0 Å². The molecular weight excluding hydrogens is 538 g/mol. The fraction of sp³-hybridized carbons (Fsp3) is 0.188. The number of sulfonamides is 1. The van der Waals surface area contributed by atoms with Gasteiger partial charge in [-0.2, -0.15) is 0 Å². The molecule has 1 N–H and O–H groups in total. The van der Waals surface area contributed by atoms with E-state index in [0.717, 1.165) is 15.4 Å². The van der Waals surface area contributed by atoms with Crippen LogP contribution >= 0.6 is 0 Å². The Morgan fingerprint density at radius 1 is 0.805 bits per heavy atom. The SMILES string of the molecule is CNC(=O)[C@H](C)N(Cc1ccccc1C)C(=O)CN(c1ccc(Oc2ccccc2)cc1)S(=O)(=O)c1ccccc1. The van der Waals surface area contributed by atoms with Gasteiger partial charge in [0, 0.05) is 13.6 Å². The summed E-state index contributed by atoms with van der Waals surface area (Å²) < 4.78 is 34.7. The number of carbonyl (C=O) groups excluding carboxylic acids is 2. The van der Waals surface area contributed by atoms with E-state index in [0.29, 0.717) is 11.5 Å². The van der Waals surface area contributed by atoms with Crippen molar-refractivity contribution >= 4 is 27.5 Å². The maximum absolute atomic E-state index is 13.9. The molecule has 0 saturated carbocycles. The molecule has 9 heteroatoms. The van der Waals surface area contributed by atoms with Crippen molar-refractivity contribution in [2.45, 2.75) is 31.3 Å². The zero-order valence-corrected chi connectivity index (χ0v) is 24.0. The first kappa shape index (κ1) is 29.4. The second kappa shape index (κ2) is 13.1. The number of likely N-dealkylation sites (N-methyl/N-ethyl adjacent to an activating group) is 1. The number of hydrogen-bond acceptors (Lipinski definition) is 5. The molecule has 0 aromatic heterocycles. The third kappa shape index (κ3) is 7.12. The Morgan fingerprint density at radius 3 is 1.98 bits per heavy atom. The number of amides is 2. The summed E-state index contributed by atoms with van der Waals surface area (Å²) in [7, 11) is -2.64. The number of ether oxygens (including phenoxy) is 1. The molecule has 0 aliphatic heterocycles. The highest BCUT2D eigenvalue weighted by Crippen LogP contribution is 2.28. The predicted octanol–water partition coefficient (Wildman–Crippen LogP) is 5.15. The number of para-hydroxylation sites is 1. The number of benzene rings is 4. The number of nitrogens with one attached hydrogen (secondary N) is 1. The van der Waals surface area contributed by atoms with Gasteiger partial charge >= 0.3 is 0 Å². The Labute approximate surface area is 241 Å². The lowest BCUT2D eigenvalue weighted by Crippen LogP contribution is -2.50. The minimum atomic E-state index is -4.14.